The third-order valence-corrected chi connectivity index (χ3v) is 3.11. The van der Waals surface area contributed by atoms with Crippen molar-refractivity contribution in [3.63, 3.8) is 0 Å². The Hall–Kier alpha value is -1.02. The highest BCUT2D eigenvalue weighted by molar-refractivity contribution is 5.41. The van der Waals surface area contributed by atoms with Gasteiger partial charge in [0.2, 0.25) is 0 Å². The number of benzene rings is 1. The summed E-state index contributed by atoms with van der Waals surface area (Å²) < 4.78 is 5.20. The second-order valence-electron chi connectivity index (χ2n) is 4.07. The number of aryl methyl sites for hydroxylation is 1. The van der Waals surface area contributed by atoms with Gasteiger partial charge in [0.15, 0.2) is 0 Å². The molecule has 0 radical (unpaired) electrons. The first kappa shape index (κ1) is 9.53. The lowest BCUT2D eigenvalue weighted by molar-refractivity contribution is 0.414. The summed E-state index contributed by atoms with van der Waals surface area (Å²) in [5, 5.41) is 0. The molecule has 14 heavy (non-hydrogen) atoms. The van der Waals surface area contributed by atoms with Crippen molar-refractivity contribution >= 4 is 0 Å². The van der Waals surface area contributed by atoms with Crippen molar-refractivity contribution in [1.82, 2.24) is 0 Å². The first-order chi connectivity index (χ1) is 6.72. The summed E-state index contributed by atoms with van der Waals surface area (Å²) >= 11 is 0. The van der Waals surface area contributed by atoms with E-state index >= 15 is 0 Å². The predicted molar refractivity (Wildman–Crippen MR) is 57.7 cm³/mol. The number of hydrogen-bond donors (Lipinski definition) is 1. The van der Waals surface area contributed by atoms with Gasteiger partial charge >= 0.3 is 0 Å². The summed E-state index contributed by atoms with van der Waals surface area (Å²) in [7, 11) is 1.71. The van der Waals surface area contributed by atoms with E-state index in [1.807, 2.05) is 6.07 Å². The molecule has 2 nitrogen and oxygen atoms in total. The van der Waals surface area contributed by atoms with Crippen molar-refractivity contribution in [2.75, 3.05) is 7.11 Å². The number of fused-ring (bicyclic) bond motifs is 1. The van der Waals surface area contributed by atoms with Crippen molar-refractivity contribution in [3.8, 4) is 5.75 Å². The second kappa shape index (κ2) is 3.62. The van der Waals surface area contributed by atoms with Crippen LogP contribution < -0.4 is 10.5 Å². The molecule has 2 rings (SSSR count). The number of hydrogen-bond acceptors (Lipinski definition) is 2. The summed E-state index contributed by atoms with van der Waals surface area (Å²) in [5.74, 6) is 1.49. The molecule has 1 aliphatic rings. The molecule has 2 unspecified atom stereocenters. The van der Waals surface area contributed by atoms with Crippen LogP contribution in [-0.2, 0) is 6.42 Å². The lowest BCUT2D eigenvalue weighted by atomic mass is 9.95. The van der Waals surface area contributed by atoms with Gasteiger partial charge in [-0.05, 0) is 48.9 Å². The highest BCUT2D eigenvalue weighted by Gasteiger charge is 2.25. The highest BCUT2D eigenvalue weighted by atomic mass is 16.5. The Morgan fingerprint density at radius 2 is 2.29 bits per heavy atom. The molecule has 2 N–H and O–H groups in total. The largest absolute Gasteiger partial charge is 0.497 e. The molecule has 2 heteroatoms. The van der Waals surface area contributed by atoms with Gasteiger partial charge in [0.05, 0.1) is 7.11 Å². The Morgan fingerprint density at radius 3 is 2.93 bits per heavy atom. The predicted octanol–water partition coefficient (Wildman–Crippen LogP) is 2.07. The van der Waals surface area contributed by atoms with Gasteiger partial charge in [-0.3, -0.25) is 0 Å². The van der Waals surface area contributed by atoms with Crippen LogP contribution in [-0.4, -0.2) is 13.2 Å². The fourth-order valence-corrected chi connectivity index (χ4v) is 2.30. The van der Waals surface area contributed by atoms with E-state index in [0.717, 1.165) is 12.2 Å². The molecule has 0 bridgehead atoms. The maximum atomic E-state index is 5.95. The molecule has 0 fully saturated rings. The van der Waals surface area contributed by atoms with Crippen LogP contribution in [0, 0.1) is 0 Å². The van der Waals surface area contributed by atoms with Crippen LogP contribution in [0.25, 0.3) is 0 Å². The van der Waals surface area contributed by atoms with Crippen LogP contribution in [0.5, 0.6) is 5.75 Å². The van der Waals surface area contributed by atoms with Crippen LogP contribution in [0.15, 0.2) is 18.2 Å². The van der Waals surface area contributed by atoms with E-state index < -0.39 is 0 Å². The Bertz CT molecular complexity index is 333. The van der Waals surface area contributed by atoms with Crippen LogP contribution in [0.4, 0.5) is 0 Å². The Labute approximate surface area is 85.1 Å². The average molecular weight is 191 g/mol. The topological polar surface area (TPSA) is 35.2 Å². The van der Waals surface area contributed by atoms with E-state index in [1.54, 1.807) is 7.11 Å². The van der Waals surface area contributed by atoms with Gasteiger partial charge < -0.3 is 10.5 Å². The molecule has 0 amide bonds. The molecule has 0 saturated heterocycles. The molecule has 2 atom stereocenters. The van der Waals surface area contributed by atoms with E-state index in [2.05, 4.69) is 19.1 Å². The smallest absolute Gasteiger partial charge is 0.119 e. The van der Waals surface area contributed by atoms with E-state index in [0.29, 0.717) is 5.92 Å². The van der Waals surface area contributed by atoms with Crippen molar-refractivity contribution in [3.05, 3.63) is 29.3 Å². The number of ether oxygens (including phenoxy) is 1. The molecular formula is C12H17NO. The van der Waals surface area contributed by atoms with E-state index in [-0.39, 0.29) is 6.04 Å². The zero-order valence-corrected chi connectivity index (χ0v) is 8.79. The maximum absolute atomic E-state index is 5.95. The molecule has 76 valence electrons. The second-order valence-corrected chi connectivity index (χ2v) is 4.07. The van der Waals surface area contributed by atoms with Crippen molar-refractivity contribution in [2.24, 2.45) is 5.73 Å². The van der Waals surface area contributed by atoms with Crippen molar-refractivity contribution in [2.45, 2.75) is 31.7 Å². The Morgan fingerprint density at radius 1 is 1.50 bits per heavy atom. The van der Waals surface area contributed by atoms with Crippen molar-refractivity contribution < 1.29 is 4.74 Å². The molecule has 0 aliphatic heterocycles. The quantitative estimate of drug-likeness (QED) is 0.776. The molecular weight excluding hydrogens is 174 g/mol. The highest BCUT2D eigenvalue weighted by Crippen LogP contribution is 2.36. The molecule has 0 spiro atoms. The number of rotatable bonds is 2. The Balaban J connectivity index is 2.33. The lowest BCUT2D eigenvalue weighted by Crippen LogP contribution is -2.22. The van der Waals surface area contributed by atoms with Gasteiger partial charge in [-0.2, -0.15) is 0 Å². The first-order valence-electron chi connectivity index (χ1n) is 5.14. The van der Waals surface area contributed by atoms with Crippen LogP contribution in [0.3, 0.4) is 0 Å². The fourth-order valence-electron chi connectivity index (χ4n) is 2.30. The monoisotopic (exact) mass is 191 g/mol. The minimum absolute atomic E-state index is 0.254. The van der Waals surface area contributed by atoms with Gasteiger partial charge in [-0.25, -0.2) is 0 Å². The molecule has 1 aliphatic carbocycles. The van der Waals surface area contributed by atoms with Gasteiger partial charge in [0.25, 0.3) is 0 Å². The van der Waals surface area contributed by atoms with Gasteiger partial charge in [0, 0.05) is 6.04 Å². The van der Waals surface area contributed by atoms with Gasteiger partial charge in [-0.1, -0.05) is 6.07 Å². The average Bonchev–Trinajstić information content (AvgIpc) is 2.59. The van der Waals surface area contributed by atoms with Gasteiger partial charge in [-0.15, -0.1) is 0 Å². The van der Waals surface area contributed by atoms with E-state index in [4.69, 9.17) is 10.5 Å². The number of nitrogens with two attached hydrogens (primary N) is 1. The molecule has 0 saturated carbocycles. The normalized spacial score (nSPS) is 21.8. The van der Waals surface area contributed by atoms with Crippen LogP contribution >= 0.6 is 0 Å². The molecule has 0 aromatic heterocycles. The maximum Gasteiger partial charge on any atom is 0.119 e. The fraction of sp³-hybridized carbons (Fsp3) is 0.500. The first-order valence-corrected chi connectivity index (χ1v) is 5.14. The SMILES string of the molecule is COc1ccc2c(c1)CCC2C(C)N. The summed E-state index contributed by atoms with van der Waals surface area (Å²) in [4.78, 5) is 0. The van der Waals surface area contributed by atoms with Crippen LogP contribution in [0.2, 0.25) is 0 Å². The molecule has 0 heterocycles. The molecule has 1 aromatic carbocycles. The summed E-state index contributed by atoms with van der Waals surface area (Å²) in [6.45, 7) is 2.09. The van der Waals surface area contributed by atoms with E-state index in [1.165, 1.54) is 17.5 Å². The Kier molecular flexibility index (Phi) is 2.46. The standard InChI is InChI=1S/C12H17NO/c1-8(13)11-5-3-9-7-10(14-2)4-6-12(9)11/h4,6-8,11H,3,5,13H2,1-2H3. The minimum atomic E-state index is 0.254. The summed E-state index contributed by atoms with van der Waals surface area (Å²) in [6.07, 6.45) is 2.32. The third-order valence-electron chi connectivity index (χ3n) is 3.11. The van der Waals surface area contributed by atoms with Gasteiger partial charge in [0.1, 0.15) is 5.75 Å². The van der Waals surface area contributed by atoms with Crippen LogP contribution in [0.1, 0.15) is 30.4 Å². The zero-order valence-electron chi connectivity index (χ0n) is 8.79. The summed E-state index contributed by atoms with van der Waals surface area (Å²) in [6, 6.07) is 6.58. The van der Waals surface area contributed by atoms with E-state index in [9.17, 15) is 0 Å². The zero-order chi connectivity index (χ0) is 10.1. The third kappa shape index (κ3) is 1.50. The molecule has 1 aromatic rings. The lowest BCUT2D eigenvalue weighted by Gasteiger charge is -2.15. The minimum Gasteiger partial charge on any atom is -0.497 e. The summed E-state index contributed by atoms with van der Waals surface area (Å²) in [5.41, 5.74) is 8.78. The van der Waals surface area contributed by atoms with Crippen molar-refractivity contribution in [1.29, 1.82) is 0 Å². The number of methoxy groups -OCH3 is 1.